The van der Waals surface area contributed by atoms with Crippen LogP contribution in [0.25, 0.3) is 0 Å². The van der Waals surface area contributed by atoms with Crippen molar-refractivity contribution in [2.75, 3.05) is 13.2 Å². The van der Waals surface area contributed by atoms with E-state index in [1.165, 1.54) is 11.1 Å². The zero-order valence-electron chi connectivity index (χ0n) is 9.66. The molecule has 4 heteroatoms. The van der Waals surface area contributed by atoms with Crippen molar-refractivity contribution in [3.8, 4) is 5.75 Å². The molecule has 0 unspecified atom stereocenters. The van der Waals surface area contributed by atoms with Gasteiger partial charge in [0.05, 0.1) is 13.2 Å². The summed E-state index contributed by atoms with van der Waals surface area (Å²) in [5.74, 6) is 1.44. The third-order valence-corrected chi connectivity index (χ3v) is 3.20. The second-order valence-corrected chi connectivity index (χ2v) is 4.56. The van der Waals surface area contributed by atoms with Crippen LogP contribution < -0.4 is 10.2 Å². The minimum absolute atomic E-state index is 0.216. The molecule has 0 saturated carbocycles. The van der Waals surface area contributed by atoms with Gasteiger partial charge in [-0.05, 0) is 23.1 Å². The molecule has 0 bridgehead atoms. The number of benzene rings is 1. The molecule has 0 radical (unpaired) electrons. The molecule has 2 heterocycles. The average Bonchev–Trinajstić information content (AvgIpc) is 2.56. The smallest absolute Gasteiger partial charge is 0.492 e. The maximum atomic E-state index is 5.67. The lowest BCUT2D eigenvalue weighted by Crippen LogP contribution is -2.31. The van der Waals surface area contributed by atoms with Crippen molar-refractivity contribution in [1.29, 1.82) is 0 Å². The van der Waals surface area contributed by atoms with Crippen LogP contribution in [0.5, 0.6) is 5.75 Å². The SMILES string of the molecule is CC(C)c1ccc2c3c1COB3OCCO2. The summed E-state index contributed by atoms with van der Waals surface area (Å²) in [6.45, 7) is 6.24. The maximum Gasteiger partial charge on any atom is 0.498 e. The molecule has 1 aromatic rings. The molecule has 0 saturated heterocycles. The van der Waals surface area contributed by atoms with Gasteiger partial charge >= 0.3 is 7.12 Å². The zero-order chi connectivity index (χ0) is 11.1. The molecule has 2 aliphatic heterocycles. The summed E-state index contributed by atoms with van der Waals surface area (Å²) < 4.78 is 17.0. The standard InChI is InChI=1S/C12H15BO3/c1-8(2)9-3-4-11-12-10(9)7-16-13(12)15-6-5-14-11/h3-4,8H,5-7H2,1-2H3. The molecule has 0 aromatic heterocycles. The Kier molecular flexibility index (Phi) is 2.41. The minimum atomic E-state index is -0.216. The minimum Gasteiger partial charge on any atom is -0.492 e. The van der Waals surface area contributed by atoms with Crippen LogP contribution in [-0.4, -0.2) is 20.3 Å². The van der Waals surface area contributed by atoms with Gasteiger partial charge < -0.3 is 14.0 Å². The summed E-state index contributed by atoms with van der Waals surface area (Å²) in [6.07, 6.45) is 0. The lowest BCUT2D eigenvalue weighted by atomic mass is 9.76. The van der Waals surface area contributed by atoms with Gasteiger partial charge in [-0.2, -0.15) is 0 Å². The Morgan fingerprint density at radius 3 is 2.88 bits per heavy atom. The van der Waals surface area contributed by atoms with Crippen molar-refractivity contribution in [3.63, 3.8) is 0 Å². The van der Waals surface area contributed by atoms with E-state index in [1.54, 1.807) is 0 Å². The molecular formula is C12H15BO3. The molecule has 84 valence electrons. The predicted octanol–water partition coefficient (Wildman–Crippen LogP) is 1.44. The van der Waals surface area contributed by atoms with Crippen LogP contribution in [-0.2, 0) is 15.9 Å². The molecule has 0 fully saturated rings. The second-order valence-electron chi connectivity index (χ2n) is 4.56. The zero-order valence-corrected chi connectivity index (χ0v) is 9.66. The van der Waals surface area contributed by atoms with Crippen molar-refractivity contribution in [3.05, 3.63) is 23.3 Å². The molecule has 2 aliphatic rings. The van der Waals surface area contributed by atoms with Gasteiger partial charge in [-0.25, -0.2) is 0 Å². The van der Waals surface area contributed by atoms with Crippen LogP contribution in [0.4, 0.5) is 0 Å². The predicted molar refractivity (Wildman–Crippen MR) is 62.2 cm³/mol. The van der Waals surface area contributed by atoms with Gasteiger partial charge in [-0.1, -0.05) is 19.9 Å². The van der Waals surface area contributed by atoms with Crippen molar-refractivity contribution in [2.45, 2.75) is 26.4 Å². The van der Waals surface area contributed by atoms with E-state index in [0.29, 0.717) is 25.7 Å². The topological polar surface area (TPSA) is 27.7 Å². The van der Waals surface area contributed by atoms with E-state index in [-0.39, 0.29) is 7.12 Å². The Morgan fingerprint density at radius 1 is 1.19 bits per heavy atom. The van der Waals surface area contributed by atoms with Crippen LogP contribution >= 0.6 is 0 Å². The van der Waals surface area contributed by atoms with Gasteiger partial charge in [0.15, 0.2) is 0 Å². The molecule has 0 amide bonds. The Bertz CT molecular complexity index is 417. The van der Waals surface area contributed by atoms with E-state index in [0.717, 1.165) is 11.2 Å². The van der Waals surface area contributed by atoms with Crippen LogP contribution in [0.3, 0.4) is 0 Å². The van der Waals surface area contributed by atoms with Gasteiger partial charge in [0.2, 0.25) is 0 Å². The highest BCUT2D eigenvalue weighted by Crippen LogP contribution is 2.28. The van der Waals surface area contributed by atoms with Crippen LogP contribution in [0.15, 0.2) is 12.1 Å². The van der Waals surface area contributed by atoms with E-state index >= 15 is 0 Å². The Labute approximate surface area is 95.8 Å². The monoisotopic (exact) mass is 218 g/mol. The summed E-state index contributed by atoms with van der Waals surface area (Å²) in [5.41, 5.74) is 3.72. The lowest BCUT2D eigenvalue weighted by molar-refractivity contribution is 0.179. The highest BCUT2D eigenvalue weighted by Gasteiger charge is 2.37. The fourth-order valence-electron chi connectivity index (χ4n) is 2.43. The summed E-state index contributed by atoms with van der Waals surface area (Å²) in [7, 11) is -0.216. The normalized spacial score (nSPS) is 18.3. The number of ether oxygens (including phenoxy) is 1. The first-order valence-corrected chi connectivity index (χ1v) is 5.79. The molecule has 0 aliphatic carbocycles. The van der Waals surface area contributed by atoms with Crippen molar-refractivity contribution >= 4 is 12.6 Å². The van der Waals surface area contributed by atoms with E-state index < -0.39 is 0 Å². The van der Waals surface area contributed by atoms with E-state index in [1.807, 2.05) is 6.07 Å². The third kappa shape index (κ3) is 1.45. The van der Waals surface area contributed by atoms with Crippen molar-refractivity contribution in [1.82, 2.24) is 0 Å². The summed E-state index contributed by atoms with van der Waals surface area (Å²) >= 11 is 0. The lowest BCUT2D eigenvalue weighted by Gasteiger charge is -2.13. The Hall–Kier alpha value is -0.995. The average molecular weight is 218 g/mol. The summed E-state index contributed by atoms with van der Waals surface area (Å²) in [5, 5.41) is 0. The van der Waals surface area contributed by atoms with E-state index in [2.05, 4.69) is 19.9 Å². The largest absolute Gasteiger partial charge is 0.498 e. The molecule has 3 rings (SSSR count). The molecule has 0 spiro atoms. The van der Waals surface area contributed by atoms with Gasteiger partial charge in [-0.15, -0.1) is 0 Å². The fraction of sp³-hybridized carbons (Fsp3) is 0.500. The van der Waals surface area contributed by atoms with Crippen LogP contribution in [0, 0.1) is 0 Å². The first-order chi connectivity index (χ1) is 7.77. The second kappa shape index (κ2) is 3.79. The van der Waals surface area contributed by atoms with Gasteiger partial charge in [0.1, 0.15) is 12.4 Å². The highest BCUT2D eigenvalue weighted by molar-refractivity contribution is 6.64. The van der Waals surface area contributed by atoms with E-state index in [4.69, 9.17) is 14.0 Å². The van der Waals surface area contributed by atoms with Crippen LogP contribution in [0.1, 0.15) is 30.9 Å². The molecular weight excluding hydrogens is 203 g/mol. The fourth-order valence-corrected chi connectivity index (χ4v) is 2.43. The first kappa shape index (κ1) is 10.2. The third-order valence-electron chi connectivity index (χ3n) is 3.20. The first-order valence-electron chi connectivity index (χ1n) is 5.79. The Balaban J connectivity index is 2.15. The molecule has 16 heavy (non-hydrogen) atoms. The number of hydrogen-bond donors (Lipinski definition) is 0. The van der Waals surface area contributed by atoms with Crippen molar-refractivity contribution in [2.24, 2.45) is 0 Å². The summed E-state index contributed by atoms with van der Waals surface area (Å²) in [6, 6.07) is 4.19. The molecule has 1 aromatic carbocycles. The molecule has 0 atom stereocenters. The quantitative estimate of drug-likeness (QED) is 0.667. The van der Waals surface area contributed by atoms with E-state index in [9.17, 15) is 0 Å². The summed E-state index contributed by atoms with van der Waals surface area (Å²) in [4.78, 5) is 0. The van der Waals surface area contributed by atoms with Gasteiger partial charge in [-0.3, -0.25) is 0 Å². The Morgan fingerprint density at radius 2 is 2.06 bits per heavy atom. The van der Waals surface area contributed by atoms with Gasteiger partial charge in [0.25, 0.3) is 0 Å². The number of rotatable bonds is 1. The van der Waals surface area contributed by atoms with Crippen LogP contribution in [0.2, 0.25) is 0 Å². The molecule has 3 nitrogen and oxygen atoms in total. The maximum absolute atomic E-state index is 5.67. The van der Waals surface area contributed by atoms with Gasteiger partial charge in [0, 0.05) is 5.46 Å². The van der Waals surface area contributed by atoms with Crippen molar-refractivity contribution < 1.29 is 14.0 Å². The highest BCUT2D eigenvalue weighted by atomic mass is 16.6. The molecule has 0 N–H and O–H groups in total. The number of hydrogen-bond acceptors (Lipinski definition) is 3.